The predicted octanol–water partition coefficient (Wildman–Crippen LogP) is 5.40. The number of nitrogens with zero attached hydrogens (tertiary/aromatic N) is 2. The Balaban J connectivity index is 2.07. The number of hydrogen-bond acceptors (Lipinski definition) is 3. The fourth-order valence-electron chi connectivity index (χ4n) is 2.35. The minimum atomic E-state index is -4.56. The maximum Gasteiger partial charge on any atom is 0.433 e. The van der Waals surface area contributed by atoms with E-state index in [2.05, 4.69) is 36.8 Å². The van der Waals surface area contributed by atoms with E-state index in [9.17, 15) is 18.0 Å². The summed E-state index contributed by atoms with van der Waals surface area (Å²) in [5.74, 6) is -0.108. The monoisotopic (exact) mass is 480 g/mol. The zero-order chi connectivity index (χ0) is 17.5. The topological polar surface area (TPSA) is 33.2 Å². The third kappa shape index (κ3) is 3.34. The van der Waals surface area contributed by atoms with Crippen LogP contribution in [-0.2, 0) is 11.0 Å². The Morgan fingerprint density at radius 3 is 2.38 bits per heavy atom. The number of amides is 1. The van der Waals surface area contributed by atoms with Crippen molar-refractivity contribution in [2.24, 2.45) is 0 Å². The molecule has 0 unspecified atom stereocenters. The van der Waals surface area contributed by atoms with E-state index in [-0.39, 0.29) is 17.5 Å². The molecule has 2 aromatic rings. The van der Waals surface area contributed by atoms with Gasteiger partial charge in [-0.2, -0.15) is 13.2 Å². The summed E-state index contributed by atoms with van der Waals surface area (Å²) in [7, 11) is 0. The lowest BCUT2D eigenvalue weighted by Crippen LogP contribution is -2.29. The van der Waals surface area contributed by atoms with E-state index < -0.39 is 17.2 Å². The molecule has 1 atom stereocenters. The lowest BCUT2D eigenvalue weighted by Gasteiger charge is -2.25. The Morgan fingerprint density at radius 1 is 1.12 bits per heavy atom. The molecule has 0 N–H and O–H groups in total. The number of thioether (sulfide) groups is 1. The number of benzene rings is 1. The van der Waals surface area contributed by atoms with Crippen molar-refractivity contribution in [1.82, 2.24) is 4.98 Å². The van der Waals surface area contributed by atoms with Gasteiger partial charge in [-0.05, 0) is 24.3 Å². The van der Waals surface area contributed by atoms with Crippen LogP contribution in [0, 0.1) is 0 Å². The van der Waals surface area contributed by atoms with Crippen LogP contribution >= 0.6 is 43.6 Å². The molecule has 1 aromatic carbocycles. The Morgan fingerprint density at radius 2 is 1.75 bits per heavy atom. The van der Waals surface area contributed by atoms with Gasteiger partial charge in [-0.25, -0.2) is 4.98 Å². The fraction of sp³-hybridized carbons (Fsp3) is 0.200. The smallest absolute Gasteiger partial charge is 0.279 e. The maximum atomic E-state index is 12.9. The van der Waals surface area contributed by atoms with Crippen molar-refractivity contribution in [2.75, 3.05) is 10.7 Å². The van der Waals surface area contributed by atoms with Gasteiger partial charge in [-0.1, -0.05) is 44.0 Å². The highest BCUT2D eigenvalue weighted by atomic mass is 79.9. The van der Waals surface area contributed by atoms with Gasteiger partial charge >= 0.3 is 6.18 Å². The van der Waals surface area contributed by atoms with Crippen molar-refractivity contribution in [1.29, 1.82) is 0 Å². The molecule has 1 aliphatic rings. The average Bonchev–Trinajstić information content (AvgIpc) is 2.88. The number of alkyl halides is 3. The van der Waals surface area contributed by atoms with E-state index in [1.165, 1.54) is 28.8 Å². The highest BCUT2D eigenvalue weighted by Gasteiger charge is 2.39. The third-order valence-corrected chi connectivity index (χ3v) is 5.95. The standard InChI is InChI=1S/C15H9Br2F3N2OS/c16-8-3-1-4-9(17)13(8)14-22(12(23)7-24-14)11-6-2-5-10(21-11)15(18,19)20/h1-6,14H,7H2/t14-/m0/s1. The summed E-state index contributed by atoms with van der Waals surface area (Å²) in [6, 6.07) is 9.03. The van der Waals surface area contributed by atoms with E-state index in [0.29, 0.717) is 0 Å². The van der Waals surface area contributed by atoms with Crippen LogP contribution in [0.4, 0.5) is 19.0 Å². The van der Waals surface area contributed by atoms with Crippen molar-refractivity contribution in [3.63, 3.8) is 0 Å². The molecule has 0 saturated carbocycles. The van der Waals surface area contributed by atoms with Crippen LogP contribution in [0.1, 0.15) is 16.6 Å². The van der Waals surface area contributed by atoms with E-state index in [4.69, 9.17) is 0 Å². The minimum absolute atomic E-state index is 0.00696. The van der Waals surface area contributed by atoms with Gasteiger partial charge in [0.2, 0.25) is 5.91 Å². The summed E-state index contributed by atoms with van der Waals surface area (Å²) in [5, 5.41) is -0.460. The highest BCUT2D eigenvalue weighted by Crippen LogP contribution is 2.46. The van der Waals surface area contributed by atoms with Gasteiger partial charge in [0, 0.05) is 14.5 Å². The van der Waals surface area contributed by atoms with Crippen LogP contribution in [0.25, 0.3) is 0 Å². The first-order chi connectivity index (χ1) is 11.3. The van der Waals surface area contributed by atoms with Crippen LogP contribution < -0.4 is 4.90 Å². The Bertz CT molecular complexity index is 780. The molecule has 9 heteroatoms. The minimum Gasteiger partial charge on any atom is -0.279 e. The summed E-state index contributed by atoms with van der Waals surface area (Å²) >= 11 is 8.23. The van der Waals surface area contributed by atoms with E-state index in [1.807, 2.05) is 18.2 Å². The molecule has 3 nitrogen and oxygen atoms in total. The SMILES string of the molecule is O=C1CS[C@@H](c2c(Br)cccc2Br)N1c1cccc(C(F)(F)F)n1. The second-order valence-electron chi connectivity index (χ2n) is 4.94. The highest BCUT2D eigenvalue weighted by molar-refractivity contribution is 9.11. The molecule has 24 heavy (non-hydrogen) atoms. The molecule has 0 aliphatic carbocycles. The number of aromatic nitrogens is 1. The average molecular weight is 482 g/mol. The Kier molecular flexibility index (Phi) is 4.94. The van der Waals surface area contributed by atoms with Crippen LogP contribution in [0.15, 0.2) is 45.3 Å². The quantitative estimate of drug-likeness (QED) is 0.575. The summed E-state index contributed by atoms with van der Waals surface area (Å²) in [6.07, 6.45) is -4.56. The Hall–Kier alpha value is -1.06. The van der Waals surface area contributed by atoms with Crippen molar-refractivity contribution in [3.8, 4) is 0 Å². The number of pyridine rings is 1. The van der Waals surface area contributed by atoms with Gasteiger partial charge in [0.25, 0.3) is 0 Å². The van der Waals surface area contributed by atoms with Crippen LogP contribution in [-0.4, -0.2) is 16.6 Å². The van der Waals surface area contributed by atoms with E-state index in [0.717, 1.165) is 20.6 Å². The van der Waals surface area contributed by atoms with Crippen molar-refractivity contribution >= 4 is 55.3 Å². The lowest BCUT2D eigenvalue weighted by molar-refractivity contribution is -0.141. The molecular formula is C15H9Br2F3N2OS. The number of carbonyl (C=O) groups excluding carboxylic acids is 1. The molecule has 1 aliphatic heterocycles. The van der Waals surface area contributed by atoms with Crippen molar-refractivity contribution in [3.05, 3.63) is 56.6 Å². The third-order valence-electron chi connectivity index (χ3n) is 3.39. The molecule has 3 rings (SSSR count). The fourth-order valence-corrected chi connectivity index (χ4v) is 5.32. The second-order valence-corrected chi connectivity index (χ2v) is 7.72. The summed E-state index contributed by atoms with van der Waals surface area (Å²) < 4.78 is 40.3. The molecule has 1 aromatic heterocycles. The van der Waals surface area contributed by atoms with Gasteiger partial charge < -0.3 is 0 Å². The molecule has 1 saturated heterocycles. The number of halogens is 5. The zero-order valence-corrected chi connectivity index (χ0v) is 15.8. The Labute approximate surface area is 156 Å². The van der Waals surface area contributed by atoms with Gasteiger partial charge in [0.05, 0.1) is 5.75 Å². The molecular weight excluding hydrogens is 473 g/mol. The first-order valence-electron chi connectivity index (χ1n) is 6.71. The van der Waals surface area contributed by atoms with E-state index in [1.54, 1.807) is 0 Å². The first kappa shape index (κ1) is 17.8. The largest absolute Gasteiger partial charge is 0.433 e. The van der Waals surface area contributed by atoms with Crippen molar-refractivity contribution < 1.29 is 18.0 Å². The molecule has 0 radical (unpaired) electrons. The van der Waals surface area contributed by atoms with Gasteiger partial charge in [-0.3, -0.25) is 9.69 Å². The molecule has 1 fully saturated rings. The normalized spacial score (nSPS) is 18.3. The molecule has 126 valence electrons. The molecule has 2 heterocycles. The van der Waals surface area contributed by atoms with E-state index >= 15 is 0 Å². The summed E-state index contributed by atoms with van der Waals surface area (Å²) in [5.41, 5.74) is -0.234. The van der Waals surface area contributed by atoms with Crippen LogP contribution in [0.3, 0.4) is 0 Å². The zero-order valence-electron chi connectivity index (χ0n) is 11.8. The second kappa shape index (κ2) is 6.68. The predicted molar refractivity (Wildman–Crippen MR) is 93.8 cm³/mol. The first-order valence-corrected chi connectivity index (χ1v) is 9.34. The number of carbonyl (C=O) groups is 1. The van der Waals surface area contributed by atoms with Gasteiger partial charge in [0.15, 0.2) is 0 Å². The molecule has 1 amide bonds. The maximum absolute atomic E-state index is 12.9. The number of hydrogen-bond donors (Lipinski definition) is 0. The molecule has 0 spiro atoms. The number of anilines is 1. The summed E-state index contributed by atoms with van der Waals surface area (Å²) in [4.78, 5) is 17.3. The summed E-state index contributed by atoms with van der Waals surface area (Å²) in [6.45, 7) is 0. The van der Waals surface area contributed by atoms with Gasteiger partial charge in [0.1, 0.15) is 16.9 Å². The van der Waals surface area contributed by atoms with Crippen molar-refractivity contribution in [2.45, 2.75) is 11.6 Å². The number of rotatable bonds is 2. The lowest BCUT2D eigenvalue weighted by atomic mass is 10.2. The van der Waals surface area contributed by atoms with Crippen LogP contribution in [0.5, 0.6) is 0 Å². The van der Waals surface area contributed by atoms with Crippen LogP contribution in [0.2, 0.25) is 0 Å². The molecule has 0 bridgehead atoms. The van der Waals surface area contributed by atoms with Gasteiger partial charge in [-0.15, -0.1) is 11.8 Å².